The summed E-state index contributed by atoms with van der Waals surface area (Å²) in [5, 5.41) is 12.1. The van der Waals surface area contributed by atoms with Gasteiger partial charge in [-0.25, -0.2) is 0 Å². The fourth-order valence-corrected chi connectivity index (χ4v) is 1.38. The molecule has 0 aliphatic carbocycles. The molecule has 118 valence electrons. The highest BCUT2D eigenvalue weighted by Gasteiger charge is 1.95. The molecule has 3 nitrogen and oxygen atoms in total. The lowest BCUT2D eigenvalue weighted by molar-refractivity contribution is -0.116. The lowest BCUT2D eigenvalue weighted by Crippen LogP contribution is -2.25. The largest absolute Gasteiger partial charge is 0.389 e. The highest BCUT2D eigenvalue weighted by molar-refractivity contribution is 5.87. The average molecular weight is 291 g/mol. The van der Waals surface area contributed by atoms with Gasteiger partial charge in [-0.15, -0.1) is 0 Å². The van der Waals surface area contributed by atoms with Gasteiger partial charge in [0.05, 0.1) is 6.10 Å². The van der Waals surface area contributed by atoms with Gasteiger partial charge in [-0.1, -0.05) is 63.3 Å². The summed E-state index contributed by atoms with van der Waals surface area (Å²) in [6, 6.07) is 0. The lowest BCUT2D eigenvalue weighted by Gasteiger charge is -2.03. The molecule has 0 aliphatic heterocycles. The first kappa shape index (κ1) is 19.4. The van der Waals surface area contributed by atoms with E-state index in [4.69, 9.17) is 0 Å². The van der Waals surface area contributed by atoms with Gasteiger partial charge in [0, 0.05) is 12.6 Å². The Morgan fingerprint density at radius 1 is 1.10 bits per heavy atom. The Morgan fingerprint density at radius 2 is 1.71 bits per heavy atom. The van der Waals surface area contributed by atoms with Gasteiger partial charge < -0.3 is 10.4 Å². The van der Waals surface area contributed by atoms with Crippen LogP contribution in [0.3, 0.4) is 0 Å². The number of carbonyl (C=O) groups excluding carboxylic acids is 1. The molecule has 2 N–H and O–H groups in total. The number of hydrogen-bond donors (Lipinski definition) is 2. The minimum Gasteiger partial charge on any atom is -0.389 e. The lowest BCUT2D eigenvalue weighted by atomic mass is 10.2. The molecular formula is C18H29NO2. The van der Waals surface area contributed by atoms with Gasteiger partial charge in [-0.05, 0) is 25.2 Å². The first-order chi connectivity index (χ1) is 10.1. The van der Waals surface area contributed by atoms with Gasteiger partial charge in [-0.2, -0.15) is 0 Å². The molecule has 0 aromatic heterocycles. The molecule has 1 atom stereocenters. The van der Waals surface area contributed by atoms with Crippen molar-refractivity contribution >= 4 is 5.91 Å². The van der Waals surface area contributed by atoms with Crippen LogP contribution in [0.5, 0.6) is 0 Å². The average Bonchev–Trinajstić information content (AvgIpc) is 2.46. The summed E-state index contributed by atoms with van der Waals surface area (Å²) in [4.78, 5) is 11.4. The van der Waals surface area contributed by atoms with Crippen molar-refractivity contribution in [1.82, 2.24) is 5.32 Å². The van der Waals surface area contributed by atoms with Crippen LogP contribution in [0.2, 0.25) is 0 Å². The van der Waals surface area contributed by atoms with E-state index in [0.717, 1.165) is 19.3 Å². The van der Waals surface area contributed by atoms with Crippen LogP contribution in [0, 0.1) is 5.92 Å². The van der Waals surface area contributed by atoms with Crippen LogP contribution in [-0.2, 0) is 4.79 Å². The normalized spacial score (nSPS) is 14.1. The summed E-state index contributed by atoms with van der Waals surface area (Å²) in [5.41, 5.74) is 0. The third-order valence-corrected chi connectivity index (χ3v) is 2.68. The molecule has 0 bridgehead atoms. The third kappa shape index (κ3) is 14.6. The molecule has 0 rings (SSSR count). The zero-order valence-corrected chi connectivity index (χ0v) is 13.5. The van der Waals surface area contributed by atoms with Gasteiger partial charge in [0.15, 0.2) is 0 Å². The van der Waals surface area contributed by atoms with Crippen LogP contribution in [0.15, 0.2) is 48.6 Å². The Hall–Kier alpha value is -1.61. The molecule has 1 unspecified atom stereocenters. The van der Waals surface area contributed by atoms with Crippen LogP contribution in [-0.4, -0.2) is 23.7 Å². The SMILES string of the molecule is CCC(O)/C=C/C=C/CC/C=C/C=C/C(=O)NCC(C)C. The highest BCUT2D eigenvalue weighted by Crippen LogP contribution is 1.96. The molecule has 0 radical (unpaired) electrons. The van der Waals surface area contributed by atoms with Crippen LogP contribution >= 0.6 is 0 Å². The highest BCUT2D eigenvalue weighted by atomic mass is 16.3. The quantitative estimate of drug-likeness (QED) is 0.367. The summed E-state index contributed by atoms with van der Waals surface area (Å²) in [7, 11) is 0. The molecule has 1 amide bonds. The molecule has 0 saturated carbocycles. The van der Waals surface area contributed by atoms with Crippen molar-refractivity contribution in [2.75, 3.05) is 6.54 Å². The van der Waals surface area contributed by atoms with Crippen molar-refractivity contribution in [2.24, 2.45) is 5.92 Å². The molecule has 0 heterocycles. The Bertz CT molecular complexity index is 379. The number of amides is 1. The van der Waals surface area contributed by atoms with Gasteiger partial charge in [0.2, 0.25) is 5.91 Å². The molecule has 0 aromatic carbocycles. The second kappa shape index (κ2) is 13.4. The van der Waals surface area contributed by atoms with Crippen molar-refractivity contribution in [3.8, 4) is 0 Å². The predicted molar refractivity (Wildman–Crippen MR) is 89.9 cm³/mol. The molecule has 0 aliphatic rings. The monoisotopic (exact) mass is 291 g/mol. The second-order valence-electron chi connectivity index (χ2n) is 5.29. The van der Waals surface area contributed by atoms with Crippen molar-refractivity contribution in [1.29, 1.82) is 0 Å². The first-order valence-corrected chi connectivity index (χ1v) is 7.68. The van der Waals surface area contributed by atoms with E-state index in [1.54, 1.807) is 18.2 Å². The van der Waals surface area contributed by atoms with Gasteiger partial charge in [0.25, 0.3) is 0 Å². The maximum Gasteiger partial charge on any atom is 0.243 e. The first-order valence-electron chi connectivity index (χ1n) is 7.68. The number of carbonyl (C=O) groups is 1. The Balaban J connectivity index is 3.71. The van der Waals surface area contributed by atoms with Crippen LogP contribution < -0.4 is 5.32 Å². The molecule has 0 saturated heterocycles. The number of allylic oxidation sites excluding steroid dienone is 6. The fraction of sp³-hybridized carbons (Fsp3) is 0.500. The van der Waals surface area contributed by atoms with E-state index >= 15 is 0 Å². The van der Waals surface area contributed by atoms with E-state index in [1.807, 2.05) is 31.2 Å². The van der Waals surface area contributed by atoms with E-state index in [9.17, 15) is 9.90 Å². The van der Waals surface area contributed by atoms with E-state index in [2.05, 4.69) is 25.2 Å². The summed E-state index contributed by atoms with van der Waals surface area (Å²) in [6.45, 7) is 6.78. The van der Waals surface area contributed by atoms with Crippen molar-refractivity contribution in [2.45, 2.75) is 46.1 Å². The molecular weight excluding hydrogens is 262 g/mol. The number of nitrogens with one attached hydrogen (secondary N) is 1. The van der Waals surface area contributed by atoms with Gasteiger partial charge >= 0.3 is 0 Å². The second-order valence-corrected chi connectivity index (χ2v) is 5.29. The van der Waals surface area contributed by atoms with E-state index in [1.165, 1.54) is 0 Å². The minimum atomic E-state index is -0.346. The number of rotatable bonds is 10. The maximum absolute atomic E-state index is 11.4. The molecule has 0 spiro atoms. The van der Waals surface area contributed by atoms with Crippen LogP contribution in [0.1, 0.15) is 40.0 Å². The van der Waals surface area contributed by atoms with Crippen LogP contribution in [0.25, 0.3) is 0 Å². The Kier molecular flexibility index (Phi) is 12.4. The number of hydrogen-bond acceptors (Lipinski definition) is 2. The molecule has 0 fully saturated rings. The standard InChI is InChI=1S/C18H29NO2/c1-4-17(20)13-11-9-7-5-6-8-10-12-14-18(21)19-15-16(2)3/h7-14,16-17,20H,4-6,15H2,1-3H3,(H,19,21)/b9-7+,10-8+,13-11+,14-12+. The molecule has 21 heavy (non-hydrogen) atoms. The van der Waals surface area contributed by atoms with Crippen molar-refractivity contribution in [3.05, 3.63) is 48.6 Å². The Labute approximate surface area is 129 Å². The topological polar surface area (TPSA) is 49.3 Å². The van der Waals surface area contributed by atoms with E-state index in [-0.39, 0.29) is 12.0 Å². The summed E-state index contributed by atoms with van der Waals surface area (Å²) < 4.78 is 0. The predicted octanol–water partition coefficient (Wildman–Crippen LogP) is 3.53. The maximum atomic E-state index is 11.4. The molecule has 3 heteroatoms. The van der Waals surface area contributed by atoms with E-state index < -0.39 is 0 Å². The molecule has 0 aromatic rings. The zero-order valence-electron chi connectivity index (χ0n) is 13.5. The van der Waals surface area contributed by atoms with Crippen molar-refractivity contribution < 1.29 is 9.90 Å². The van der Waals surface area contributed by atoms with Crippen molar-refractivity contribution in [3.63, 3.8) is 0 Å². The summed E-state index contributed by atoms with van der Waals surface area (Å²) in [6.07, 6.45) is 17.1. The van der Waals surface area contributed by atoms with Crippen LogP contribution in [0.4, 0.5) is 0 Å². The summed E-state index contributed by atoms with van der Waals surface area (Å²) in [5.74, 6) is 0.421. The van der Waals surface area contributed by atoms with Gasteiger partial charge in [-0.3, -0.25) is 4.79 Å². The Morgan fingerprint density at radius 3 is 2.29 bits per heavy atom. The van der Waals surface area contributed by atoms with Gasteiger partial charge in [0.1, 0.15) is 0 Å². The van der Waals surface area contributed by atoms with E-state index in [0.29, 0.717) is 12.5 Å². The fourth-order valence-electron chi connectivity index (χ4n) is 1.38. The third-order valence-electron chi connectivity index (χ3n) is 2.68. The number of aliphatic hydroxyl groups excluding tert-OH is 1. The zero-order chi connectivity index (χ0) is 15.9. The minimum absolute atomic E-state index is 0.0483. The number of aliphatic hydroxyl groups is 1. The summed E-state index contributed by atoms with van der Waals surface area (Å²) >= 11 is 0. The number of unbranched alkanes of at least 4 members (excludes halogenated alkanes) is 1. The smallest absolute Gasteiger partial charge is 0.243 e.